The maximum absolute atomic E-state index is 13.2. The summed E-state index contributed by atoms with van der Waals surface area (Å²) in [6, 6.07) is 6.20. The van der Waals surface area contributed by atoms with Gasteiger partial charge in [-0.25, -0.2) is 4.39 Å². The van der Waals surface area contributed by atoms with E-state index in [4.69, 9.17) is 9.47 Å². The number of nitrogens with zero attached hydrogens (tertiary/aromatic N) is 2. The number of benzene rings is 1. The van der Waals surface area contributed by atoms with Gasteiger partial charge in [-0.05, 0) is 25.6 Å². The van der Waals surface area contributed by atoms with Crippen LogP contribution in [-0.2, 0) is 4.74 Å². The Morgan fingerprint density at radius 2 is 2.12 bits per heavy atom. The van der Waals surface area contributed by atoms with Gasteiger partial charge >= 0.3 is 0 Å². The molecule has 0 saturated carbocycles. The summed E-state index contributed by atoms with van der Waals surface area (Å²) in [4.78, 5) is 6.40. The fourth-order valence-electron chi connectivity index (χ4n) is 2.16. The lowest BCUT2D eigenvalue weighted by atomic mass is 10.2. The molecule has 2 N–H and O–H groups in total. The highest BCUT2D eigenvalue weighted by Crippen LogP contribution is 2.14. The van der Waals surface area contributed by atoms with Crippen molar-refractivity contribution in [3.05, 3.63) is 30.1 Å². The van der Waals surface area contributed by atoms with Gasteiger partial charge in [0.25, 0.3) is 0 Å². The van der Waals surface area contributed by atoms with Crippen LogP contribution in [0.2, 0.25) is 0 Å². The second kappa shape index (κ2) is 12.5. The molecule has 0 saturated heterocycles. The average molecular weight is 354 g/mol. The molecule has 0 spiro atoms. The minimum atomic E-state index is -0.296. The molecule has 0 aliphatic heterocycles. The summed E-state index contributed by atoms with van der Waals surface area (Å²) in [5.74, 6) is 0.966. The smallest absolute Gasteiger partial charge is 0.191 e. The highest BCUT2D eigenvalue weighted by atomic mass is 19.1. The van der Waals surface area contributed by atoms with E-state index in [9.17, 15) is 4.39 Å². The zero-order valence-corrected chi connectivity index (χ0v) is 15.7. The zero-order valence-electron chi connectivity index (χ0n) is 15.7. The number of ether oxygens (including phenoxy) is 2. The number of guanidine groups is 1. The fraction of sp³-hybridized carbons (Fsp3) is 0.611. The first kappa shape index (κ1) is 21.2. The Hall–Kier alpha value is -1.86. The van der Waals surface area contributed by atoms with Crippen molar-refractivity contribution < 1.29 is 13.9 Å². The molecule has 6 nitrogen and oxygen atoms in total. The quantitative estimate of drug-likeness (QED) is 0.468. The van der Waals surface area contributed by atoms with Crippen molar-refractivity contribution in [1.82, 2.24) is 15.5 Å². The first-order valence-corrected chi connectivity index (χ1v) is 8.63. The molecule has 0 aliphatic carbocycles. The molecule has 0 aromatic heterocycles. The number of hydrogen-bond donors (Lipinski definition) is 2. The van der Waals surface area contributed by atoms with E-state index in [2.05, 4.69) is 27.6 Å². The van der Waals surface area contributed by atoms with Gasteiger partial charge in [-0.3, -0.25) is 4.99 Å². The largest absolute Gasteiger partial charge is 0.489 e. The van der Waals surface area contributed by atoms with E-state index in [1.54, 1.807) is 26.3 Å². The molecule has 1 atom stereocenters. The molecule has 0 radical (unpaired) electrons. The minimum Gasteiger partial charge on any atom is -0.489 e. The normalized spacial score (nSPS) is 13.0. The first-order chi connectivity index (χ1) is 12.1. The number of halogens is 1. The van der Waals surface area contributed by atoms with Crippen LogP contribution in [0.25, 0.3) is 0 Å². The monoisotopic (exact) mass is 354 g/mol. The van der Waals surface area contributed by atoms with Crippen LogP contribution in [0.5, 0.6) is 5.75 Å². The summed E-state index contributed by atoms with van der Waals surface area (Å²) in [6.45, 7) is 5.91. The van der Waals surface area contributed by atoms with Crippen molar-refractivity contribution in [3.63, 3.8) is 0 Å². The van der Waals surface area contributed by atoms with Gasteiger partial charge in [0, 0.05) is 39.9 Å². The van der Waals surface area contributed by atoms with Gasteiger partial charge in [-0.15, -0.1) is 0 Å². The van der Waals surface area contributed by atoms with Crippen LogP contribution in [-0.4, -0.2) is 71.0 Å². The Bertz CT molecular complexity index is 514. The Morgan fingerprint density at radius 3 is 2.76 bits per heavy atom. The van der Waals surface area contributed by atoms with Gasteiger partial charge in [0.2, 0.25) is 0 Å². The number of likely N-dealkylation sites (N-methyl/N-ethyl adjacent to an activating group) is 1. The summed E-state index contributed by atoms with van der Waals surface area (Å²) >= 11 is 0. The summed E-state index contributed by atoms with van der Waals surface area (Å²) in [5, 5.41) is 6.52. The van der Waals surface area contributed by atoms with E-state index in [0.717, 1.165) is 38.6 Å². The molecule has 142 valence electrons. The van der Waals surface area contributed by atoms with Gasteiger partial charge in [0.05, 0.1) is 13.2 Å². The Morgan fingerprint density at radius 1 is 1.32 bits per heavy atom. The third kappa shape index (κ3) is 9.26. The van der Waals surface area contributed by atoms with Crippen LogP contribution >= 0.6 is 0 Å². The molecule has 0 bridgehead atoms. The predicted molar refractivity (Wildman–Crippen MR) is 99.8 cm³/mol. The summed E-state index contributed by atoms with van der Waals surface area (Å²) < 4.78 is 24.1. The molecular formula is C18H31FN4O2. The van der Waals surface area contributed by atoms with Gasteiger partial charge in [0.1, 0.15) is 17.7 Å². The molecule has 0 amide bonds. The van der Waals surface area contributed by atoms with Crippen LogP contribution in [0.4, 0.5) is 4.39 Å². The van der Waals surface area contributed by atoms with Crippen LogP contribution in [0, 0.1) is 5.82 Å². The standard InChI is InChI=1S/C18H31FN4O2/c1-5-16(25-17-8-6-7-15(19)13-17)14-22-18(20-2)21-9-10-23(3)11-12-24-4/h6-8,13,16H,5,9-12,14H2,1-4H3,(H2,20,21,22). The van der Waals surface area contributed by atoms with Gasteiger partial charge in [-0.2, -0.15) is 0 Å². The van der Waals surface area contributed by atoms with E-state index in [-0.39, 0.29) is 11.9 Å². The van der Waals surface area contributed by atoms with E-state index in [1.807, 2.05) is 6.92 Å². The van der Waals surface area contributed by atoms with E-state index in [0.29, 0.717) is 12.3 Å². The van der Waals surface area contributed by atoms with E-state index < -0.39 is 0 Å². The predicted octanol–water partition coefficient (Wildman–Crippen LogP) is 1.73. The van der Waals surface area contributed by atoms with Crippen LogP contribution in [0.1, 0.15) is 13.3 Å². The Kier molecular flexibility index (Phi) is 10.6. The van der Waals surface area contributed by atoms with Gasteiger partial charge in [-0.1, -0.05) is 13.0 Å². The van der Waals surface area contributed by atoms with Crippen molar-refractivity contribution in [3.8, 4) is 5.75 Å². The lowest BCUT2D eigenvalue weighted by Gasteiger charge is -2.21. The minimum absolute atomic E-state index is 0.0651. The van der Waals surface area contributed by atoms with Crippen molar-refractivity contribution in [2.45, 2.75) is 19.4 Å². The average Bonchev–Trinajstić information content (AvgIpc) is 2.61. The molecule has 0 fully saturated rings. The van der Waals surface area contributed by atoms with Gasteiger partial charge in [0.15, 0.2) is 5.96 Å². The third-order valence-corrected chi connectivity index (χ3v) is 3.74. The molecule has 1 unspecified atom stereocenters. The van der Waals surface area contributed by atoms with Crippen LogP contribution < -0.4 is 15.4 Å². The van der Waals surface area contributed by atoms with E-state index >= 15 is 0 Å². The van der Waals surface area contributed by atoms with Crippen molar-refractivity contribution in [2.24, 2.45) is 4.99 Å². The molecule has 1 aromatic carbocycles. The summed E-state index contributed by atoms with van der Waals surface area (Å²) in [6.07, 6.45) is 0.741. The Balaban J connectivity index is 2.34. The summed E-state index contributed by atoms with van der Waals surface area (Å²) in [7, 11) is 5.49. The molecule has 1 rings (SSSR count). The third-order valence-electron chi connectivity index (χ3n) is 3.74. The maximum Gasteiger partial charge on any atom is 0.191 e. The fourth-order valence-corrected chi connectivity index (χ4v) is 2.16. The van der Waals surface area contributed by atoms with E-state index in [1.165, 1.54) is 12.1 Å². The molecule has 25 heavy (non-hydrogen) atoms. The second-order valence-electron chi connectivity index (χ2n) is 5.78. The number of methoxy groups -OCH3 is 1. The Labute approximate surface area is 150 Å². The SMILES string of the molecule is CCC(CNC(=NC)NCCN(C)CCOC)Oc1cccc(F)c1. The lowest BCUT2D eigenvalue weighted by Crippen LogP contribution is -2.44. The topological polar surface area (TPSA) is 58.1 Å². The van der Waals surface area contributed by atoms with Crippen molar-refractivity contribution >= 4 is 5.96 Å². The number of hydrogen-bond acceptors (Lipinski definition) is 4. The maximum atomic E-state index is 13.2. The number of nitrogens with one attached hydrogen (secondary N) is 2. The van der Waals surface area contributed by atoms with Gasteiger partial charge < -0.3 is 25.0 Å². The number of rotatable bonds is 11. The molecule has 1 aromatic rings. The first-order valence-electron chi connectivity index (χ1n) is 8.63. The second-order valence-corrected chi connectivity index (χ2v) is 5.78. The molecule has 0 heterocycles. The zero-order chi connectivity index (χ0) is 18.5. The molecule has 7 heteroatoms. The molecule has 0 aliphatic rings. The van der Waals surface area contributed by atoms with Crippen molar-refractivity contribution in [1.29, 1.82) is 0 Å². The highest BCUT2D eigenvalue weighted by Gasteiger charge is 2.10. The van der Waals surface area contributed by atoms with Crippen LogP contribution in [0.15, 0.2) is 29.3 Å². The number of aliphatic imine (C=N–C) groups is 1. The lowest BCUT2D eigenvalue weighted by molar-refractivity contribution is 0.162. The summed E-state index contributed by atoms with van der Waals surface area (Å²) in [5.41, 5.74) is 0. The molecular weight excluding hydrogens is 323 g/mol. The van der Waals surface area contributed by atoms with Crippen molar-refractivity contribution in [2.75, 3.05) is 54.0 Å². The highest BCUT2D eigenvalue weighted by molar-refractivity contribution is 5.79. The van der Waals surface area contributed by atoms with Crippen LogP contribution in [0.3, 0.4) is 0 Å².